The van der Waals surface area contributed by atoms with Crippen LogP contribution >= 0.6 is 11.6 Å². The molecule has 1 atom stereocenters. The van der Waals surface area contributed by atoms with Gasteiger partial charge >= 0.3 is 0 Å². The first-order valence-corrected chi connectivity index (χ1v) is 7.25. The summed E-state index contributed by atoms with van der Waals surface area (Å²) in [5.74, 6) is -0.285. The van der Waals surface area contributed by atoms with Crippen molar-refractivity contribution in [3.63, 3.8) is 0 Å². The number of halogens is 1. The van der Waals surface area contributed by atoms with Gasteiger partial charge in [-0.2, -0.15) is 0 Å². The zero-order chi connectivity index (χ0) is 15.9. The number of carbonyl (C=O) groups excluding carboxylic acids is 1. The normalized spacial score (nSPS) is 12.3. The third kappa shape index (κ3) is 4.69. The SMILES string of the molecule is Cc1ccc(/C=C/C(=O)NCC(O)c2ccccn2)cc1Cl. The summed E-state index contributed by atoms with van der Waals surface area (Å²) in [6.45, 7) is 2.02. The number of aromatic nitrogens is 1. The van der Waals surface area contributed by atoms with E-state index in [1.165, 1.54) is 6.08 Å². The molecule has 4 nitrogen and oxygen atoms in total. The van der Waals surface area contributed by atoms with Gasteiger partial charge in [-0.15, -0.1) is 0 Å². The molecule has 1 unspecified atom stereocenters. The molecule has 0 aliphatic heterocycles. The molecule has 0 saturated carbocycles. The van der Waals surface area contributed by atoms with Crippen molar-refractivity contribution in [3.8, 4) is 0 Å². The Bertz CT molecular complexity index is 672. The Morgan fingerprint density at radius 3 is 2.91 bits per heavy atom. The van der Waals surface area contributed by atoms with Gasteiger partial charge in [0.25, 0.3) is 0 Å². The molecule has 1 aromatic heterocycles. The van der Waals surface area contributed by atoms with Gasteiger partial charge in [0.1, 0.15) is 6.10 Å². The number of hydrogen-bond donors (Lipinski definition) is 2. The molecule has 1 heterocycles. The quantitative estimate of drug-likeness (QED) is 0.834. The fourth-order valence-electron chi connectivity index (χ4n) is 1.82. The van der Waals surface area contributed by atoms with Gasteiger partial charge in [-0.05, 0) is 42.3 Å². The molecule has 2 N–H and O–H groups in total. The van der Waals surface area contributed by atoms with Crippen molar-refractivity contribution >= 4 is 23.6 Å². The first kappa shape index (κ1) is 16.2. The van der Waals surface area contributed by atoms with Gasteiger partial charge in [0.2, 0.25) is 5.91 Å². The molecule has 114 valence electrons. The van der Waals surface area contributed by atoms with E-state index in [1.54, 1.807) is 36.5 Å². The number of pyridine rings is 1. The number of hydrogen-bond acceptors (Lipinski definition) is 3. The van der Waals surface area contributed by atoms with Crippen LogP contribution in [0.1, 0.15) is 22.9 Å². The monoisotopic (exact) mass is 316 g/mol. The van der Waals surface area contributed by atoms with Crippen molar-refractivity contribution < 1.29 is 9.90 Å². The molecular formula is C17H17ClN2O2. The van der Waals surface area contributed by atoms with Crippen LogP contribution < -0.4 is 5.32 Å². The predicted octanol–water partition coefficient (Wildman–Crippen LogP) is 2.91. The highest BCUT2D eigenvalue weighted by atomic mass is 35.5. The van der Waals surface area contributed by atoms with Crippen LogP contribution in [0.25, 0.3) is 6.08 Å². The Kier molecular flexibility index (Phi) is 5.69. The van der Waals surface area contributed by atoms with Crippen LogP contribution in [0.3, 0.4) is 0 Å². The second-order valence-corrected chi connectivity index (χ2v) is 5.26. The minimum absolute atomic E-state index is 0.106. The highest BCUT2D eigenvalue weighted by Gasteiger charge is 2.08. The minimum Gasteiger partial charge on any atom is -0.385 e. The van der Waals surface area contributed by atoms with E-state index in [1.807, 2.05) is 19.1 Å². The van der Waals surface area contributed by atoms with Crippen LogP contribution in [0.15, 0.2) is 48.7 Å². The lowest BCUT2D eigenvalue weighted by molar-refractivity contribution is -0.116. The summed E-state index contributed by atoms with van der Waals surface area (Å²) in [6.07, 6.45) is 3.86. The lowest BCUT2D eigenvalue weighted by atomic mass is 10.1. The Morgan fingerprint density at radius 1 is 1.41 bits per heavy atom. The summed E-state index contributed by atoms with van der Waals surface area (Å²) in [7, 11) is 0. The third-order valence-corrected chi connectivity index (χ3v) is 3.53. The van der Waals surface area contributed by atoms with E-state index in [4.69, 9.17) is 11.6 Å². The van der Waals surface area contributed by atoms with Crippen molar-refractivity contribution in [1.82, 2.24) is 10.3 Å². The second kappa shape index (κ2) is 7.73. The van der Waals surface area contributed by atoms with Gasteiger partial charge in [0.05, 0.1) is 5.69 Å². The zero-order valence-corrected chi connectivity index (χ0v) is 12.9. The number of carbonyl (C=O) groups is 1. The first-order valence-electron chi connectivity index (χ1n) is 6.87. The molecule has 0 aliphatic rings. The average Bonchev–Trinajstić information content (AvgIpc) is 2.54. The molecule has 0 radical (unpaired) electrons. The van der Waals surface area contributed by atoms with E-state index >= 15 is 0 Å². The summed E-state index contributed by atoms with van der Waals surface area (Å²) in [4.78, 5) is 15.8. The summed E-state index contributed by atoms with van der Waals surface area (Å²) in [5.41, 5.74) is 2.36. The molecular weight excluding hydrogens is 300 g/mol. The van der Waals surface area contributed by atoms with Gasteiger partial charge in [-0.3, -0.25) is 9.78 Å². The summed E-state index contributed by atoms with van der Waals surface area (Å²) in [6, 6.07) is 10.8. The third-order valence-electron chi connectivity index (χ3n) is 3.12. The van der Waals surface area contributed by atoms with Crippen LogP contribution in [-0.2, 0) is 4.79 Å². The smallest absolute Gasteiger partial charge is 0.244 e. The van der Waals surface area contributed by atoms with Crippen LogP contribution in [-0.4, -0.2) is 22.5 Å². The number of nitrogens with zero attached hydrogens (tertiary/aromatic N) is 1. The topological polar surface area (TPSA) is 62.2 Å². The van der Waals surface area contributed by atoms with Gasteiger partial charge in [-0.25, -0.2) is 0 Å². The zero-order valence-electron chi connectivity index (χ0n) is 12.2. The Hall–Kier alpha value is -2.17. The Balaban J connectivity index is 1.87. The van der Waals surface area contributed by atoms with Crippen molar-refractivity contribution in [3.05, 3.63) is 70.5 Å². The number of benzene rings is 1. The standard InChI is InChI=1S/C17H17ClN2O2/c1-12-5-6-13(10-14(12)18)7-8-17(22)20-11-16(21)15-4-2-3-9-19-15/h2-10,16,21H,11H2,1H3,(H,20,22)/b8-7+. The van der Waals surface area contributed by atoms with Gasteiger partial charge in [-0.1, -0.05) is 29.8 Å². The average molecular weight is 317 g/mol. The number of aliphatic hydroxyl groups is 1. The van der Waals surface area contributed by atoms with E-state index in [0.29, 0.717) is 10.7 Å². The molecule has 0 spiro atoms. The number of amides is 1. The highest BCUT2D eigenvalue weighted by molar-refractivity contribution is 6.31. The van der Waals surface area contributed by atoms with E-state index in [-0.39, 0.29) is 12.5 Å². The van der Waals surface area contributed by atoms with E-state index < -0.39 is 6.10 Å². The molecule has 0 saturated heterocycles. The van der Waals surface area contributed by atoms with Crippen molar-refractivity contribution in [2.24, 2.45) is 0 Å². The van der Waals surface area contributed by atoms with Crippen LogP contribution in [0.5, 0.6) is 0 Å². The van der Waals surface area contributed by atoms with E-state index in [0.717, 1.165) is 11.1 Å². The summed E-state index contributed by atoms with van der Waals surface area (Å²) in [5, 5.41) is 13.2. The maximum atomic E-state index is 11.7. The largest absolute Gasteiger partial charge is 0.385 e. The van der Waals surface area contributed by atoms with Gasteiger partial charge in [0.15, 0.2) is 0 Å². The fourth-order valence-corrected chi connectivity index (χ4v) is 2.01. The fraction of sp³-hybridized carbons (Fsp3) is 0.176. The first-order chi connectivity index (χ1) is 10.6. The van der Waals surface area contributed by atoms with Crippen molar-refractivity contribution in [2.75, 3.05) is 6.54 Å². The van der Waals surface area contributed by atoms with Gasteiger partial charge < -0.3 is 10.4 Å². The number of aryl methyl sites for hydroxylation is 1. The molecule has 0 fully saturated rings. The summed E-state index contributed by atoms with van der Waals surface area (Å²) < 4.78 is 0. The molecule has 0 bridgehead atoms. The lowest BCUT2D eigenvalue weighted by Crippen LogP contribution is -2.27. The van der Waals surface area contributed by atoms with Crippen LogP contribution in [0.2, 0.25) is 5.02 Å². The van der Waals surface area contributed by atoms with E-state index in [2.05, 4.69) is 10.3 Å². The maximum Gasteiger partial charge on any atom is 0.244 e. The van der Waals surface area contributed by atoms with Gasteiger partial charge in [0, 0.05) is 23.8 Å². The maximum absolute atomic E-state index is 11.7. The Labute approximate surface area is 134 Å². The molecule has 1 aromatic carbocycles. The second-order valence-electron chi connectivity index (χ2n) is 4.86. The Morgan fingerprint density at radius 2 is 2.23 bits per heavy atom. The van der Waals surface area contributed by atoms with Crippen molar-refractivity contribution in [2.45, 2.75) is 13.0 Å². The molecule has 0 aliphatic carbocycles. The highest BCUT2D eigenvalue weighted by Crippen LogP contribution is 2.17. The van der Waals surface area contributed by atoms with Crippen molar-refractivity contribution in [1.29, 1.82) is 0 Å². The molecule has 1 amide bonds. The molecule has 22 heavy (non-hydrogen) atoms. The molecule has 2 aromatic rings. The summed E-state index contributed by atoms with van der Waals surface area (Å²) >= 11 is 6.03. The number of rotatable bonds is 5. The molecule has 2 rings (SSSR count). The number of aliphatic hydroxyl groups excluding tert-OH is 1. The van der Waals surface area contributed by atoms with Crippen LogP contribution in [0, 0.1) is 6.92 Å². The van der Waals surface area contributed by atoms with E-state index in [9.17, 15) is 9.90 Å². The molecule has 5 heteroatoms. The minimum atomic E-state index is -0.827. The predicted molar refractivity (Wildman–Crippen MR) is 87.4 cm³/mol. The lowest BCUT2D eigenvalue weighted by Gasteiger charge is -2.09. The number of nitrogens with one attached hydrogen (secondary N) is 1. The van der Waals surface area contributed by atoms with Crippen LogP contribution in [0.4, 0.5) is 0 Å².